The normalized spacial score (nSPS) is 14.9. The molecule has 0 atom stereocenters. The van der Waals surface area contributed by atoms with Crippen LogP contribution in [0.4, 0.5) is 0 Å². The second-order valence-electron chi connectivity index (χ2n) is 7.80. The fraction of sp³-hybridized carbons (Fsp3) is 0.269. The molecule has 0 spiro atoms. The van der Waals surface area contributed by atoms with Gasteiger partial charge < -0.3 is 4.90 Å². The number of amides is 1. The van der Waals surface area contributed by atoms with Gasteiger partial charge in [0, 0.05) is 26.2 Å². The maximum absolute atomic E-state index is 12.8. The highest BCUT2D eigenvalue weighted by molar-refractivity contribution is 5.78. The number of piperazine rings is 1. The highest BCUT2D eigenvalue weighted by atomic mass is 16.2. The fourth-order valence-electron chi connectivity index (χ4n) is 4.11. The predicted octanol–water partition coefficient (Wildman–Crippen LogP) is 4.47. The van der Waals surface area contributed by atoms with Gasteiger partial charge in [0.05, 0.1) is 12.5 Å². The van der Waals surface area contributed by atoms with Crippen LogP contribution >= 0.6 is 0 Å². The molecule has 1 heterocycles. The van der Waals surface area contributed by atoms with Crippen molar-refractivity contribution < 1.29 is 4.79 Å². The Labute approximate surface area is 173 Å². The number of carbonyl (C=O) groups is 1. The van der Waals surface area contributed by atoms with Gasteiger partial charge in [0.1, 0.15) is 0 Å². The van der Waals surface area contributed by atoms with E-state index in [0.717, 1.165) is 31.7 Å². The van der Waals surface area contributed by atoms with E-state index >= 15 is 0 Å². The highest BCUT2D eigenvalue weighted by Gasteiger charge is 2.28. The van der Waals surface area contributed by atoms with E-state index in [4.69, 9.17) is 0 Å². The van der Waals surface area contributed by atoms with Gasteiger partial charge in [-0.15, -0.1) is 0 Å². The van der Waals surface area contributed by atoms with Gasteiger partial charge in [0.2, 0.25) is 5.91 Å². The lowest BCUT2D eigenvalue weighted by Crippen LogP contribution is -2.50. The zero-order chi connectivity index (χ0) is 20.1. The highest BCUT2D eigenvalue weighted by Crippen LogP contribution is 2.29. The lowest BCUT2D eigenvalue weighted by Gasteiger charge is -2.40. The Balaban J connectivity index is 1.44. The quantitative estimate of drug-likeness (QED) is 0.648. The lowest BCUT2D eigenvalue weighted by molar-refractivity contribution is -0.132. The molecule has 1 amide bonds. The SMILES string of the molecule is Cc1ccc(CC(=O)N2CCN(C(c3ccccc3)c3ccccc3)CC2)cc1. The van der Waals surface area contributed by atoms with Gasteiger partial charge >= 0.3 is 0 Å². The van der Waals surface area contributed by atoms with Crippen LogP contribution in [-0.2, 0) is 11.2 Å². The standard InChI is InChI=1S/C26H28N2O/c1-21-12-14-22(15-13-21)20-25(29)27-16-18-28(19-17-27)26(23-8-4-2-5-9-23)24-10-6-3-7-11-24/h2-15,26H,16-20H2,1H3. The van der Waals surface area contributed by atoms with Crippen molar-refractivity contribution in [1.82, 2.24) is 9.80 Å². The van der Waals surface area contributed by atoms with Gasteiger partial charge in [-0.3, -0.25) is 9.69 Å². The van der Waals surface area contributed by atoms with Crippen molar-refractivity contribution in [2.24, 2.45) is 0 Å². The van der Waals surface area contributed by atoms with Crippen LogP contribution in [0.1, 0.15) is 28.3 Å². The fourth-order valence-corrected chi connectivity index (χ4v) is 4.11. The number of hydrogen-bond donors (Lipinski definition) is 0. The number of hydrogen-bond acceptors (Lipinski definition) is 2. The van der Waals surface area contributed by atoms with E-state index in [1.165, 1.54) is 16.7 Å². The van der Waals surface area contributed by atoms with E-state index in [1.54, 1.807) is 0 Å². The Bertz CT molecular complexity index is 874. The molecule has 0 saturated carbocycles. The van der Waals surface area contributed by atoms with Crippen LogP contribution in [0.2, 0.25) is 0 Å². The molecule has 3 aromatic carbocycles. The Morgan fingerprint density at radius 1 is 0.759 bits per heavy atom. The van der Waals surface area contributed by atoms with E-state index in [2.05, 4.69) is 96.8 Å². The monoisotopic (exact) mass is 384 g/mol. The molecule has 0 aliphatic carbocycles. The van der Waals surface area contributed by atoms with Crippen LogP contribution in [0, 0.1) is 6.92 Å². The zero-order valence-corrected chi connectivity index (χ0v) is 17.0. The van der Waals surface area contributed by atoms with Gasteiger partial charge in [0.15, 0.2) is 0 Å². The van der Waals surface area contributed by atoms with E-state index in [-0.39, 0.29) is 11.9 Å². The van der Waals surface area contributed by atoms with Crippen LogP contribution in [0.5, 0.6) is 0 Å². The molecule has 148 valence electrons. The second kappa shape index (κ2) is 9.06. The molecule has 4 rings (SSSR count). The average molecular weight is 385 g/mol. The maximum atomic E-state index is 12.8. The van der Waals surface area contributed by atoms with Crippen LogP contribution in [0.3, 0.4) is 0 Å². The summed E-state index contributed by atoms with van der Waals surface area (Å²) >= 11 is 0. The third-order valence-electron chi connectivity index (χ3n) is 5.74. The smallest absolute Gasteiger partial charge is 0.227 e. The summed E-state index contributed by atoms with van der Waals surface area (Å²) in [6.07, 6.45) is 0.487. The summed E-state index contributed by atoms with van der Waals surface area (Å²) in [5.41, 5.74) is 4.92. The minimum atomic E-state index is 0.226. The van der Waals surface area contributed by atoms with Crippen molar-refractivity contribution in [1.29, 1.82) is 0 Å². The molecule has 1 saturated heterocycles. The Kier molecular flexibility index (Phi) is 6.06. The molecule has 1 aliphatic rings. The largest absolute Gasteiger partial charge is 0.340 e. The Morgan fingerprint density at radius 2 is 1.28 bits per heavy atom. The van der Waals surface area contributed by atoms with Crippen LogP contribution < -0.4 is 0 Å². The molecule has 0 aromatic heterocycles. The number of carbonyl (C=O) groups excluding carboxylic acids is 1. The number of rotatable bonds is 5. The first-order valence-electron chi connectivity index (χ1n) is 10.4. The van der Waals surface area contributed by atoms with Gasteiger partial charge in [-0.25, -0.2) is 0 Å². The summed E-state index contributed by atoms with van der Waals surface area (Å²) in [7, 11) is 0. The van der Waals surface area contributed by atoms with Crippen molar-refractivity contribution in [3.05, 3.63) is 107 Å². The topological polar surface area (TPSA) is 23.6 Å². The maximum Gasteiger partial charge on any atom is 0.227 e. The molecule has 3 nitrogen and oxygen atoms in total. The third kappa shape index (κ3) is 4.75. The van der Waals surface area contributed by atoms with Gasteiger partial charge in [-0.2, -0.15) is 0 Å². The molecule has 0 radical (unpaired) electrons. The summed E-state index contributed by atoms with van der Waals surface area (Å²) in [6, 6.07) is 29.8. The molecule has 0 unspecified atom stereocenters. The number of benzene rings is 3. The molecular weight excluding hydrogens is 356 g/mol. The van der Waals surface area contributed by atoms with E-state index in [0.29, 0.717) is 6.42 Å². The molecule has 1 aliphatic heterocycles. The van der Waals surface area contributed by atoms with Crippen LogP contribution in [-0.4, -0.2) is 41.9 Å². The molecule has 3 aromatic rings. The molecular formula is C26H28N2O. The van der Waals surface area contributed by atoms with Crippen LogP contribution in [0.25, 0.3) is 0 Å². The first-order chi connectivity index (χ1) is 14.2. The summed E-state index contributed by atoms with van der Waals surface area (Å²) in [6.45, 7) is 5.39. The molecule has 29 heavy (non-hydrogen) atoms. The Hall–Kier alpha value is -2.91. The van der Waals surface area contributed by atoms with Crippen molar-refractivity contribution >= 4 is 5.91 Å². The van der Waals surface area contributed by atoms with Gasteiger partial charge in [-0.1, -0.05) is 90.5 Å². The zero-order valence-electron chi connectivity index (χ0n) is 17.0. The van der Waals surface area contributed by atoms with E-state index in [9.17, 15) is 4.79 Å². The molecule has 0 bridgehead atoms. The summed E-state index contributed by atoms with van der Waals surface area (Å²) < 4.78 is 0. The first-order valence-corrected chi connectivity index (χ1v) is 10.4. The third-order valence-corrected chi connectivity index (χ3v) is 5.74. The first kappa shape index (κ1) is 19.4. The van der Waals surface area contributed by atoms with Crippen molar-refractivity contribution in [3.8, 4) is 0 Å². The number of aryl methyl sites for hydroxylation is 1. The summed E-state index contributed by atoms with van der Waals surface area (Å²) in [5, 5.41) is 0. The summed E-state index contributed by atoms with van der Waals surface area (Å²) in [5.74, 6) is 0.226. The van der Waals surface area contributed by atoms with Crippen LogP contribution in [0.15, 0.2) is 84.9 Å². The van der Waals surface area contributed by atoms with Crippen molar-refractivity contribution in [2.45, 2.75) is 19.4 Å². The summed E-state index contributed by atoms with van der Waals surface area (Å²) in [4.78, 5) is 17.3. The minimum Gasteiger partial charge on any atom is -0.340 e. The Morgan fingerprint density at radius 3 is 1.79 bits per heavy atom. The van der Waals surface area contributed by atoms with E-state index in [1.807, 2.05) is 4.90 Å². The van der Waals surface area contributed by atoms with Crippen molar-refractivity contribution in [3.63, 3.8) is 0 Å². The molecule has 1 fully saturated rings. The second-order valence-corrected chi connectivity index (χ2v) is 7.80. The van der Waals surface area contributed by atoms with E-state index < -0.39 is 0 Å². The minimum absolute atomic E-state index is 0.226. The van der Waals surface area contributed by atoms with Gasteiger partial charge in [0.25, 0.3) is 0 Å². The van der Waals surface area contributed by atoms with Crippen molar-refractivity contribution in [2.75, 3.05) is 26.2 Å². The average Bonchev–Trinajstić information content (AvgIpc) is 2.77. The number of nitrogens with zero attached hydrogens (tertiary/aromatic N) is 2. The molecule has 3 heteroatoms. The lowest BCUT2D eigenvalue weighted by atomic mass is 9.96. The molecule has 0 N–H and O–H groups in total. The predicted molar refractivity (Wildman–Crippen MR) is 118 cm³/mol. The van der Waals surface area contributed by atoms with Gasteiger partial charge in [-0.05, 0) is 23.6 Å².